The molecule has 3 aliphatic rings. The molecule has 3 rings (SSSR count). The van der Waals surface area contributed by atoms with E-state index in [0.29, 0.717) is 0 Å². The van der Waals surface area contributed by atoms with E-state index in [2.05, 4.69) is 12.2 Å². The molecular formula is C16H26O2. The molecule has 0 spiro atoms. The minimum atomic E-state index is 0.112. The van der Waals surface area contributed by atoms with Crippen molar-refractivity contribution in [1.29, 1.82) is 0 Å². The van der Waals surface area contributed by atoms with E-state index in [0.717, 1.165) is 37.4 Å². The maximum absolute atomic E-state index is 5.44. The average Bonchev–Trinajstić information content (AvgIpc) is 3.10. The number of rotatable bonds is 7. The van der Waals surface area contributed by atoms with E-state index in [1.54, 1.807) is 0 Å². The van der Waals surface area contributed by atoms with Gasteiger partial charge in [-0.15, -0.1) is 0 Å². The van der Waals surface area contributed by atoms with Crippen molar-refractivity contribution in [3.05, 3.63) is 12.2 Å². The summed E-state index contributed by atoms with van der Waals surface area (Å²) >= 11 is 0. The Bertz CT molecular complexity index is 281. The van der Waals surface area contributed by atoms with Crippen LogP contribution < -0.4 is 0 Å². The molecule has 3 unspecified atom stereocenters. The van der Waals surface area contributed by atoms with Gasteiger partial charge in [-0.2, -0.15) is 0 Å². The lowest BCUT2D eigenvalue weighted by atomic mass is 9.88. The monoisotopic (exact) mass is 250 g/mol. The highest BCUT2D eigenvalue weighted by Gasteiger charge is 2.34. The van der Waals surface area contributed by atoms with Gasteiger partial charge in [0.05, 0.1) is 13.2 Å². The second kappa shape index (κ2) is 6.21. The van der Waals surface area contributed by atoms with Crippen LogP contribution in [-0.4, -0.2) is 19.5 Å². The number of allylic oxidation sites excluding steroid dienone is 2. The molecule has 1 aliphatic heterocycles. The van der Waals surface area contributed by atoms with E-state index in [4.69, 9.17) is 9.47 Å². The SMILES string of the molecule is C1=CC2CC1CC2CCCCCCC1OCCO1. The van der Waals surface area contributed by atoms with Crippen LogP contribution in [0, 0.1) is 17.8 Å². The average molecular weight is 250 g/mol. The number of unbranched alkanes of at least 4 members (excludes halogenated alkanes) is 3. The van der Waals surface area contributed by atoms with E-state index < -0.39 is 0 Å². The van der Waals surface area contributed by atoms with Gasteiger partial charge in [-0.25, -0.2) is 0 Å². The molecule has 2 aliphatic carbocycles. The molecule has 0 amide bonds. The largest absolute Gasteiger partial charge is 0.350 e. The second-order valence-electron chi connectivity index (χ2n) is 6.20. The van der Waals surface area contributed by atoms with Gasteiger partial charge in [0, 0.05) is 0 Å². The third-order valence-corrected chi connectivity index (χ3v) is 4.87. The van der Waals surface area contributed by atoms with Crippen LogP contribution in [-0.2, 0) is 9.47 Å². The molecule has 3 atom stereocenters. The summed E-state index contributed by atoms with van der Waals surface area (Å²) in [6.07, 6.45) is 16.0. The first kappa shape index (κ1) is 12.7. The van der Waals surface area contributed by atoms with Gasteiger partial charge in [-0.05, 0) is 49.9 Å². The summed E-state index contributed by atoms with van der Waals surface area (Å²) in [6, 6.07) is 0. The molecule has 0 aromatic carbocycles. The Balaban J connectivity index is 1.20. The zero-order valence-corrected chi connectivity index (χ0v) is 11.4. The van der Waals surface area contributed by atoms with Gasteiger partial charge in [-0.1, -0.05) is 31.4 Å². The minimum Gasteiger partial charge on any atom is -0.350 e. The van der Waals surface area contributed by atoms with Gasteiger partial charge < -0.3 is 9.47 Å². The summed E-state index contributed by atoms with van der Waals surface area (Å²) in [7, 11) is 0. The number of hydrogen-bond donors (Lipinski definition) is 0. The van der Waals surface area contributed by atoms with E-state index in [-0.39, 0.29) is 6.29 Å². The summed E-state index contributed by atoms with van der Waals surface area (Å²) in [5.41, 5.74) is 0. The zero-order chi connectivity index (χ0) is 12.2. The fourth-order valence-corrected chi connectivity index (χ4v) is 3.87. The van der Waals surface area contributed by atoms with Crippen molar-refractivity contribution in [2.24, 2.45) is 17.8 Å². The topological polar surface area (TPSA) is 18.5 Å². The van der Waals surface area contributed by atoms with E-state index in [9.17, 15) is 0 Å². The molecular weight excluding hydrogens is 224 g/mol. The van der Waals surface area contributed by atoms with Gasteiger partial charge in [0.15, 0.2) is 6.29 Å². The van der Waals surface area contributed by atoms with Gasteiger partial charge in [0.1, 0.15) is 0 Å². The van der Waals surface area contributed by atoms with Crippen LogP contribution in [0.2, 0.25) is 0 Å². The number of ether oxygens (including phenoxy) is 2. The molecule has 0 aromatic rings. The lowest BCUT2D eigenvalue weighted by molar-refractivity contribution is -0.0480. The van der Waals surface area contributed by atoms with Crippen LogP contribution in [0.4, 0.5) is 0 Å². The number of fused-ring (bicyclic) bond motifs is 2. The first-order valence-corrected chi connectivity index (χ1v) is 7.83. The minimum absolute atomic E-state index is 0.112. The molecule has 1 saturated heterocycles. The molecule has 2 fully saturated rings. The predicted octanol–water partition coefficient (Wildman–Crippen LogP) is 3.91. The van der Waals surface area contributed by atoms with E-state index >= 15 is 0 Å². The van der Waals surface area contributed by atoms with Crippen LogP contribution in [0.15, 0.2) is 12.2 Å². The smallest absolute Gasteiger partial charge is 0.157 e. The second-order valence-corrected chi connectivity index (χ2v) is 6.20. The maximum Gasteiger partial charge on any atom is 0.157 e. The van der Waals surface area contributed by atoms with Gasteiger partial charge in [-0.3, -0.25) is 0 Å². The van der Waals surface area contributed by atoms with Gasteiger partial charge in [0.2, 0.25) is 0 Å². The van der Waals surface area contributed by atoms with Crippen molar-refractivity contribution in [2.45, 2.75) is 57.7 Å². The van der Waals surface area contributed by atoms with Crippen LogP contribution in [0.25, 0.3) is 0 Å². The first-order valence-electron chi connectivity index (χ1n) is 7.83. The molecule has 1 heterocycles. The summed E-state index contributed by atoms with van der Waals surface area (Å²) in [5, 5.41) is 0. The quantitative estimate of drug-likeness (QED) is 0.504. The number of hydrogen-bond acceptors (Lipinski definition) is 2. The Hall–Kier alpha value is -0.340. The van der Waals surface area contributed by atoms with Crippen molar-refractivity contribution in [1.82, 2.24) is 0 Å². The van der Waals surface area contributed by atoms with Crippen LogP contribution in [0.5, 0.6) is 0 Å². The lowest BCUT2D eigenvalue weighted by Crippen LogP contribution is -2.07. The van der Waals surface area contributed by atoms with Crippen molar-refractivity contribution in [2.75, 3.05) is 13.2 Å². The van der Waals surface area contributed by atoms with Crippen molar-refractivity contribution in [3.63, 3.8) is 0 Å². The maximum atomic E-state index is 5.44. The third kappa shape index (κ3) is 3.16. The Morgan fingerprint density at radius 3 is 2.28 bits per heavy atom. The van der Waals surface area contributed by atoms with Crippen LogP contribution in [0.3, 0.4) is 0 Å². The molecule has 0 radical (unpaired) electrons. The third-order valence-electron chi connectivity index (χ3n) is 4.87. The summed E-state index contributed by atoms with van der Waals surface area (Å²) < 4.78 is 10.9. The Labute approximate surface area is 111 Å². The molecule has 0 N–H and O–H groups in total. The Morgan fingerprint density at radius 1 is 0.833 bits per heavy atom. The molecule has 2 nitrogen and oxygen atoms in total. The molecule has 1 saturated carbocycles. The highest BCUT2D eigenvalue weighted by Crippen LogP contribution is 2.45. The fourth-order valence-electron chi connectivity index (χ4n) is 3.87. The Kier molecular flexibility index (Phi) is 4.37. The Morgan fingerprint density at radius 2 is 1.61 bits per heavy atom. The molecule has 18 heavy (non-hydrogen) atoms. The van der Waals surface area contributed by atoms with Crippen molar-refractivity contribution >= 4 is 0 Å². The van der Waals surface area contributed by atoms with Gasteiger partial charge >= 0.3 is 0 Å². The van der Waals surface area contributed by atoms with Crippen LogP contribution in [0.1, 0.15) is 51.4 Å². The molecule has 0 aromatic heterocycles. The van der Waals surface area contributed by atoms with E-state index in [1.165, 1.54) is 44.9 Å². The summed E-state index contributed by atoms with van der Waals surface area (Å²) in [5.74, 6) is 2.90. The molecule has 2 heteroatoms. The summed E-state index contributed by atoms with van der Waals surface area (Å²) in [6.45, 7) is 1.59. The van der Waals surface area contributed by atoms with Gasteiger partial charge in [0.25, 0.3) is 0 Å². The fraction of sp³-hybridized carbons (Fsp3) is 0.875. The lowest BCUT2D eigenvalue weighted by Gasteiger charge is -2.17. The zero-order valence-electron chi connectivity index (χ0n) is 11.4. The molecule has 102 valence electrons. The normalized spacial score (nSPS) is 34.8. The van der Waals surface area contributed by atoms with Crippen LogP contribution >= 0.6 is 0 Å². The first-order chi connectivity index (χ1) is 8.92. The highest BCUT2D eigenvalue weighted by molar-refractivity contribution is 5.09. The highest BCUT2D eigenvalue weighted by atomic mass is 16.7. The van der Waals surface area contributed by atoms with E-state index in [1.807, 2.05) is 0 Å². The molecule has 2 bridgehead atoms. The summed E-state index contributed by atoms with van der Waals surface area (Å²) in [4.78, 5) is 0. The van der Waals surface area contributed by atoms with Crippen molar-refractivity contribution < 1.29 is 9.47 Å². The van der Waals surface area contributed by atoms with Crippen molar-refractivity contribution in [3.8, 4) is 0 Å². The predicted molar refractivity (Wildman–Crippen MR) is 72.2 cm³/mol. The standard InChI is InChI=1S/C16H26O2/c1(2-4-6-16-17-9-10-18-16)3-5-14-11-13-7-8-15(14)12-13/h7-8,13-16H,1-6,9-12H2.